The molecule has 0 bridgehead atoms. The molecule has 0 aliphatic carbocycles. The van der Waals surface area contributed by atoms with E-state index >= 15 is 0 Å². The fourth-order valence-corrected chi connectivity index (χ4v) is 3.49. The van der Waals surface area contributed by atoms with Crippen LogP contribution in [0.2, 0.25) is 0 Å². The molecule has 3 aromatic rings. The molecule has 0 unspecified atom stereocenters. The van der Waals surface area contributed by atoms with Gasteiger partial charge in [0.1, 0.15) is 5.82 Å². The number of aromatic nitrogens is 1. The third-order valence-corrected chi connectivity index (χ3v) is 5.48. The molecule has 0 saturated carbocycles. The highest BCUT2D eigenvalue weighted by Gasteiger charge is 2.18. The van der Waals surface area contributed by atoms with E-state index < -0.39 is 15.8 Å². The first-order valence-corrected chi connectivity index (χ1v) is 9.79. The maximum atomic E-state index is 14.3. The molecule has 0 aliphatic rings. The number of hydrogen-bond donors (Lipinski definition) is 1. The van der Waals surface area contributed by atoms with Crippen LogP contribution >= 0.6 is 0 Å². The molecule has 7 heteroatoms. The van der Waals surface area contributed by atoms with E-state index in [1.165, 1.54) is 12.1 Å². The summed E-state index contributed by atoms with van der Waals surface area (Å²) >= 11 is 0. The monoisotopic (exact) mass is 386 g/mol. The van der Waals surface area contributed by atoms with E-state index in [1.54, 1.807) is 29.8 Å². The lowest BCUT2D eigenvalue weighted by Crippen LogP contribution is -2.13. The van der Waals surface area contributed by atoms with Gasteiger partial charge in [-0.05, 0) is 42.3 Å². The van der Waals surface area contributed by atoms with E-state index in [4.69, 9.17) is 5.14 Å². The highest BCUT2D eigenvalue weighted by atomic mass is 32.2. The van der Waals surface area contributed by atoms with Crippen LogP contribution in [0.15, 0.2) is 59.5 Å². The number of carbonyl (C=O) groups excluding carboxylic acids is 1. The fourth-order valence-electron chi connectivity index (χ4n) is 2.97. The van der Waals surface area contributed by atoms with Crippen molar-refractivity contribution in [2.45, 2.75) is 18.2 Å². The van der Waals surface area contributed by atoms with Gasteiger partial charge in [0.15, 0.2) is 0 Å². The van der Waals surface area contributed by atoms with Crippen LogP contribution in [0.4, 0.5) is 4.39 Å². The third-order valence-electron chi connectivity index (χ3n) is 4.57. The zero-order chi connectivity index (χ0) is 19.8. The van der Waals surface area contributed by atoms with Crippen molar-refractivity contribution in [3.8, 4) is 0 Å². The van der Waals surface area contributed by atoms with E-state index in [1.807, 2.05) is 25.1 Å². The fraction of sp³-hybridized carbons (Fsp3) is 0.150. The van der Waals surface area contributed by atoms with Crippen molar-refractivity contribution in [1.29, 1.82) is 0 Å². The topological polar surface area (TPSA) is 82.2 Å². The number of hydrogen-bond acceptors (Lipinski definition) is 3. The van der Waals surface area contributed by atoms with Gasteiger partial charge in [-0.2, -0.15) is 0 Å². The number of nitrogens with two attached hydrogens (primary N) is 1. The van der Waals surface area contributed by atoms with Crippen LogP contribution in [-0.4, -0.2) is 18.8 Å². The van der Waals surface area contributed by atoms with Crippen molar-refractivity contribution in [3.05, 3.63) is 88.5 Å². The van der Waals surface area contributed by atoms with E-state index in [-0.39, 0.29) is 17.1 Å². The number of primary sulfonamides is 1. The summed E-state index contributed by atoms with van der Waals surface area (Å²) in [7, 11) is -2.21. The minimum absolute atomic E-state index is 0.105. The van der Waals surface area contributed by atoms with Crippen molar-refractivity contribution < 1.29 is 17.6 Å². The zero-order valence-electron chi connectivity index (χ0n) is 14.9. The quantitative estimate of drug-likeness (QED) is 0.685. The smallest absolute Gasteiger partial charge is 0.238 e. The molecule has 0 spiro atoms. The molecule has 0 amide bonds. The molecular weight excluding hydrogens is 367 g/mol. The van der Waals surface area contributed by atoms with Gasteiger partial charge in [0.25, 0.3) is 0 Å². The van der Waals surface area contributed by atoms with Gasteiger partial charge < -0.3 is 4.57 Å². The van der Waals surface area contributed by atoms with Gasteiger partial charge in [-0.1, -0.05) is 30.3 Å². The lowest BCUT2D eigenvalue weighted by Gasteiger charge is -2.10. The third kappa shape index (κ3) is 3.84. The van der Waals surface area contributed by atoms with Crippen LogP contribution in [0.3, 0.4) is 0 Å². The number of halogens is 1. The van der Waals surface area contributed by atoms with Crippen LogP contribution < -0.4 is 5.14 Å². The standard InChI is InChI=1S/C20H19FN2O3S/c1-13-5-3-4-6-17(13)20(24)19-10-8-15(23(19)2)11-14-7-9-16(12-18(14)21)27(22,25)26/h3-10,12H,11H2,1-2H3,(H2,22,25,26). The van der Waals surface area contributed by atoms with Gasteiger partial charge in [0.05, 0.1) is 10.6 Å². The van der Waals surface area contributed by atoms with Crippen LogP contribution in [0, 0.1) is 12.7 Å². The Labute approximate surface area is 157 Å². The molecular formula is C20H19FN2O3S. The lowest BCUT2D eigenvalue weighted by molar-refractivity contribution is 0.103. The first-order chi connectivity index (χ1) is 12.7. The molecule has 2 aromatic carbocycles. The molecule has 0 saturated heterocycles. The number of carbonyl (C=O) groups is 1. The summed E-state index contributed by atoms with van der Waals surface area (Å²) < 4.78 is 38.6. The average molecular weight is 386 g/mol. The summed E-state index contributed by atoms with van der Waals surface area (Å²) in [4.78, 5) is 12.5. The number of nitrogens with zero attached hydrogens (tertiary/aromatic N) is 1. The Morgan fingerprint density at radius 3 is 2.44 bits per heavy atom. The van der Waals surface area contributed by atoms with E-state index in [0.717, 1.165) is 17.3 Å². The maximum Gasteiger partial charge on any atom is 0.238 e. The van der Waals surface area contributed by atoms with Gasteiger partial charge in [-0.3, -0.25) is 4.79 Å². The van der Waals surface area contributed by atoms with Crippen LogP contribution in [0.5, 0.6) is 0 Å². The van der Waals surface area contributed by atoms with Gasteiger partial charge in [-0.15, -0.1) is 0 Å². The number of sulfonamides is 1. The molecule has 0 radical (unpaired) electrons. The van der Waals surface area contributed by atoms with Crippen molar-refractivity contribution in [2.75, 3.05) is 0 Å². The summed E-state index contributed by atoms with van der Waals surface area (Å²) in [5.74, 6) is -0.763. The van der Waals surface area contributed by atoms with Crippen LogP contribution in [0.25, 0.3) is 0 Å². The second-order valence-electron chi connectivity index (χ2n) is 6.39. The summed E-state index contributed by atoms with van der Waals surface area (Å²) in [5, 5.41) is 5.02. The predicted molar refractivity (Wildman–Crippen MR) is 101 cm³/mol. The Kier molecular flexibility index (Phi) is 4.99. The van der Waals surface area contributed by atoms with Crippen LogP contribution in [0.1, 0.15) is 32.9 Å². The molecule has 0 aliphatic heterocycles. The van der Waals surface area contributed by atoms with E-state index in [9.17, 15) is 17.6 Å². The average Bonchev–Trinajstić information content (AvgIpc) is 2.96. The highest BCUT2D eigenvalue weighted by Crippen LogP contribution is 2.20. The van der Waals surface area contributed by atoms with Gasteiger partial charge in [0.2, 0.25) is 15.8 Å². The zero-order valence-corrected chi connectivity index (χ0v) is 15.8. The summed E-state index contributed by atoms with van der Waals surface area (Å²) in [6.07, 6.45) is 0.217. The van der Waals surface area contributed by atoms with Crippen LogP contribution in [-0.2, 0) is 23.5 Å². The molecule has 1 heterocycles. The predicted octanol–water partition coefficient (Wildman–Crippen LogP) is 2.94. The SMILES string of the molecule is Cc1ccccc1C(=O)c1ccc(Cc2ccc(S(N)(=O)=O)cc2F)n1C. The normalized spacial score (nSPS) is 11.6. The van der Waals surface area contributed by atoms with Crippen molar-refractivity contribution in [3.63, 3.8) is 0 Å². The first-order valence-electron chi connectivity index (χ1n) is 8.24. The number of ketones is 1. The number of benzene rings is 2. The maximum absolute atomic E-state index is 14.3. The second-order valence-corrected chi connectivity index (χ2v) is 7.95. The first kappa shape index (κ1) is 19.0. The Balaban J connectivity index is 1.91. The Bertz CT molecular complexity index is 1130. The summed E-state index contributed by atoms with van der Waals surface area (Å²) in [6, 6.07) is 14.4. The van der Waals surface area contributed by atoms with Crippen molar-refractivity contribution in [2.24, 2.45) is 12.2 Å². The molecule has 2 N–H and O–H groups in total. The number of rotatable bonds is 5. The van der Waals surface area contributed by atoms with Crippen molar-refractivity contribution >= 4 is 15.8 Å². The summed E-state index contributed by atoms with van der Waals surface area (Å²) in [6.45, 7) is 1.87. The largest absolute Gasteiger partial charge is 0.345 e. The minimum Gasteiger partial charge on any atom is -0.345 e. The van der Waals surface area contributed by atoms with Crippen molar-refractivity contribution in [1.82, 2.24) is 4.57 Å². The van der Waals surface area contributed by atoms with E-state index in [0.29, 0.717) is 16.8 Å². The van der Waals surface area contributed by atoms with Gasteiger partial charge in [0, 0.05) is 24.7 Å². The molecule has 140 valence electrons. The van der Waals surface area contributed by atoms with Gasteiger partial charge >= 0.3 is 0 Å². The minimum atomic E-state index is -3.95. The molecule has 1 aromatic heterocycles. The Morgan fingerprint density at radius 1 is 1.11 bits per heavy atom. The highest BCUT2D eigenvalue weighted by molar-refractivity contribution is 7.89. The van der Waals surface area contributed by atoms with E-state index in [2.05, 4.69) is 0 Å². The molecule has 0 fully saturated rings. The Hall–Kier alpha value is -2.77. The molecule has 0 atom stereocenters. The second kappa shape index (κ2) is 7.09. The lowest BCUT2D eigenvalue weighted by atomic mass is 10.0. The summed E-state index contributed by atoms with van der Waals surface area (Å²) in [5.41, 5.74) is 3.05. The molecule has 27 heavy (non-hydrogen) atoms. The Morgan fingerprint density at radius 2 is 1.81 bits per heavy atom. The molecule has 5 nitrogen and oxygen atoms in total. The van der Waals surface area contributed by atoms with Gasteiger partial charge in [-0.25, -0.2) is 17.9 Å². The number of aryl methyl sites for hydroxylation is 1. The molecule has 3 rings (SSSR count).